The van der Waals surface area contributed by atoms with Crippen molar-refractivity contribution in [2.24, 2.45) is 0 Å². The van der Waals surface area contributed by atoms with Crippen molar-refractivity contribution in [2.75, 3.05) is 11.6 Å². The third-order valence-corrected chi connectivity index (χ3v) is 2.70. The van der Waals surface area contributed by atoms with Crippen LogP contribution >= 0.6 is 11.8 Å². The normalized spacial score (nSPS) is 14.2. The number of benzene rings is 1. The zero-order chi connectivity index (χ0) is 9.97. The average molecular weight is 209 g/mol. The van der Waals surface area contributed by atoms with Gasteiger partial charge in [-0.05, 0) is 24.0 Å². The van der Waals surface area contributed by atoms with Gasteiger partial charge >= 0.3 is 6.09 Å². The molecule has 0 radical (unpaired) electrons. The van der Waals surface area contributed by atoms with Gasteiger partial charge in [-0.3, -0.25) is 5.32 Å². The molecule has 2 rings (SSSR count). The molecule has 0 spiro atoms. The number of anilines is 1. The highest BCUT2D eigenvalue weighted by Gasteiger charge is 2.15. The molecule has 74 valence electrons. The van der Waals surface area contributed by atoms with E-state index in [1.165, 1.54) is 5.56 Å². The van der Waals surface area contributed by atoms with Crippen LogP contribution in [0.2, 0.25) is 0 Å². The minimum absolute atomic E-state index is 0.366. The molecule has 0 saturated heterocycles. The molecule has 0 atom stereocenters. The van der Waals surface area contributed by atoms with E-state index >= 15 is 0 Å². The van der Waals surface area contributed by atoms with Gasteiger partial charge < -0.3 is 4.74 Å². The lowest BCUT2D eigenvalue weighted by Gasteiger charge is -2.17. The average Bonchev–Trinajstić information content (AvgIpc) is 2.19. The van der Waals surface area contributed by atoms with Gasteiger partial charge in [0.05, 0.1) is 5.69 Å². The standard InChI is InChI=1S/C10H11NO2S/c1-14-6-7-2-3-9-8(4-7)5-13-10(12)11-9/h2-4H,5-6H2,1H3,(H,11,12). The molecular weight excluding hydrogens is 198 g/mol. The summed E-state index contributed by atoms with van der Waals surface area (Å²) in [4.78, 5) is 10.9. The van der Waals surface area contributed by atoms with Gasteiger partial charge in [-0.2, -0.15) is 11.8 Å². The van der Waals surface area contributed by atoms with Crippen LogP contribution in [0.5, 0.6) is 0 Å². The number of fused-ring (bicyclic) bond motifs is 1. The first-order chi connectivity index (χ1) is 6.79. The van der Waals surface area contributed by atoms with Gasteiger partial charge in [-0.15, -0.1) is 0 Å². The minimum atomic E-state index is -0.366. The van der Waals surface area contributed by atoms with Crippen molar-refractivity contribution in [2.45, 2.75) is 12.4 Å². The smallest absolute Gasteiger partial charge is 0.411 e. The van der Waals surface area contributed by atoms with E-state index in [2.05, 4.69) is 17.6 Å². The summed E-state index contributed by atoms with van der Waals surface area (Å²) >= 11 is 1.78. The Morgan fingerprint density at radius 2 is 2.43 bits per heavy atom. The molecule has 14 heavy (non-hydrogen) atoms. The first-order valence-corrected chi connectivity index (χ1v) is 5.73. The zero-order valence-electron chi connectivity index (χ0n) is 7.87. The number of nitrogens with one attached hydrogen (secondary N) is 1. The van der Waals surface area contributed by atoms with E-state index in [9.17, 15) is 4.79 Å². The Labute approximate surface area is 86.8 Å². The van der Waals surface area contributed by atoms with E-state index in [-0.39, 0.29) is 6.09 Å². The topological polar surface area (TPSA) is 38.3 Å². The highest BCUT2D eigenvalue weighted by atomic mass is 32.2. The maximum absolute atomic E-state index is 10.9. The fourth-order valence-electron chi connectivity index (χ4n) is 1.43. The molecule has 1 amide bonds. The number of carbonyl (C=O) groups excluding carboxylic acids is 1. The first-order valence-electron chi connectivity index (χ1n) is 4.34. The number of rotatable bonds is 2. The second kappa shape index (κ2) is 3.92. The van der Waals surface area contributed by atoms with Crippen LogP contribution in [0.3, 0.4) is 0 Å². The molecule has 3 nitrogen and oxygen atoms in total. The first kappa shape index (κ1) is 9.40. The molecule has 1 aromatic carbocycles. The van der Waals surface area contributed by atoms with Crippen molar-refractivity contribution in [3.05, 3.63) is 29.3 Å². The number of hydrogen-bond donors (Lipinski definition) is 1. The Bertz CT molecular complexity index is 365. The largest absolute Gasteiger partial charge is 0.444 e. The predicted octanol–water partition coefficient (Wildman–Crippen LogP) is 2.61. The van der Waals surface area contributed by atoms with Crippen LogP contribution in [0.15, 0.2) is 18.2 Å². The van der Waals surface area contributed by atoms with Gasteiger partial charge in [0.1, 0.15) is 6.61 Å². The second-order valence-corrected chi connectivity index (χ2v) is 3.99. The molecule has 0 unspecified atom stereocenters. The van der Waals surface area contributed by atoms with Crippen molar-refractivity contribution in [1.82, 2.24) is 0 Å². The van der Waals surface area contributed by atoms with E-state index in [1.807, 2.05) is 12.1 Å². The molecular formula is C10H11NO2S. The van der Waals surface area contributed by atoms with E-state index in [4.69, 9.17) is 4.74 Å². The summed E-state index contributed by atoms with van der Waals surface area (Å²) in [5, 5.41) is 2.66. The lowest BCUT2D eigenvalue weighted by atomic mass is 10.1. The summed E-state index contributed by atoms with van der Waals surface area (Å²) in [5.41, 5.74) is 3.18. The minimum Gasteiger partial charge on any atom is -0.444 e. The number of ether oxygens (including phenoxy) is 1. The molecule has 1 aromatic rings. The van der Waals surface area contributed by atoms with Crippen LogP contribution in [-0.2, 0) is 17.1 Å². The Morgan fingerprint density at radius 1 is 1.57 bits per heavy atom. The Hall–Kier alpha value is -1.16. The lowest BCUT2D eigenvalue weighted by molar-refractivity contribution is 0.151. The Kier molecular flexibility index (Phi) is 2.63. The Balaban J connectivity index is 2.26. The van der Waals surface area contributed by atoms with Crippen molar-refractivity contribution in [3.63, 3.8) is 0 Å². The number of carbonyl (C=O) groups is 1. The van der Waals surface area contributed by atoms with Crippen LogP contribution in [0.1, 0.15) is 11.1 Å². The molecule has 1 heterocycles. The molecule has 0 aromatic heterocycles. The van der Waals surface area contributed by atoms with Gasteiger partial charge in [-0.25, -0.2) is 4.79 Å². The van der Waals surface area contributed by atoms with Crippen LogP contribution < -0.4 is 5.32 Å². The monoisotopic (exact) mass is 209 g/mol. The SMILES string of the molecule is CSCc1ccc2c(c1)COC(=O)N2. The fraction of sp³-hybridized carbons (Fsp3) is 0.300. The number of hydrogen-bond acceptors (Lipinski definition) is 3. The van der Waals surface area contributed by atoms with E-state index in [0.29, 0.717) is 6.61 Å². The summed E-state index contributed by atoms with van der Waals surface area (Å²) in [7, 11) is 0. The quantitative estimate of drug-likeness (QED) is 0.813. The maximum Gasteiger partial charge on any atom is 0.411 e. The zero-order valence-corrected chi connectivity index (χ0v) is 8.69. The van der Waals surface area contributed by atoms with Gasteiger partial charge in [0.15, 0.2) is 0 Å². The summed E-state index contributed by atoms with van der Waals surface area (Å²) in [5.74, 6) is 0.987. The number of cyclic esters (lactones) is 1. The van der Waals surface area contributed by atoms with Crippen molar-refractivity contribution < 1.29 is 9.53 Å². The van der Waals surface area contributed by atoms with E-state index < -0.39 is 0 Å². The molecule has 0 aliphatic carbocycles. The van der Waals surface area contributed by atoms with Crippen LogP contribution in [0.25, 0.3) is 0 Å². The molecule has 1 aliphatic rings. The highest BCUT2D eigenvalue weighted by molar-refractivity contribution is 7.97. The summed E-state index contributed by atoms with van der Waals surface area (Å²) in [6, 6.07) is 6.04. The summed E-state index contributed by atoms with van der Waals surface area (Å²) < 4.78 is 4.88. The van der Waals surface area contributed by atoms with Crippen LogP contribution in [-0.4, -0.2) is 12.3 Å². The fourth-order valence-corrected chi connectivity index (χ4v) is 1.95. The highest BCUT2D eigenvalue weighted by Crippen LogP contribution is 2.23. The van der Waals surface area contributed by atoms with Crippen LogP contribution in [0.4, 0.5) is 10.5 Å². The third kappa shape index (κ3) is 1.85. The molecule has 0 saturated carbocycles. The molecule has 0 bridgehead atoms. The second-order valence-electron chi connectivity index (χ2n) is 3.13. The Morgan fingerprint density at radius 3 is 3.21 bits per heavy atom. The van der Waals surface area contributed by atoms with Gasteiger partial charge in [0.2, 0.25) is 0 Å². The lowest BCUT2D eigenvalue weighted by Crippen LogP contribution is -2.20. The molecule has 1 N–H and O–H groups in total. The van der Waals surface area contributed by atoms with Gasteiger partial charge in [-0.1, -0.05) is 6.07 Å². The van der Waals surface area contributed by atoms with Gasteiger partial charge in [0, 0.05) is 11.3 Å². The summed E-state index contributed by atoms with van der Waals surface area (Å²) in [6.45, 7) is 0.378. The van der Waals surface area contributed by atoms with E-state index in [0.717, 1.165) is 17.0 Å². The molecule has 0 fully saturated rings. The maximum atomic E-state index is 10.9. The molecule has 4 heteroatoms. The van der Waals surface area contributed by atoms with Crippen molar-refractivity contribution in [1.29, 1.82) is 0 Å². The van der Waals surface area contributed by atoms with Gasteiger partial charge in [0.25, 0.3) is 0 Å². The molecule has 1 aliphatic heterocycles. The predicted molar refractivity (Wildman–Crippen MR) is 57.5 cm³/mol. The summed E-state index contributed by atoms with van der Waals surface area (Å²) in [6.07, 6.45) is 1.70. The van der Waals surface area contributed by atoms with E-state index in [1.54, 1.807) is 11.8 Å². The number of thioether (sulfide) groups is 1. The third-order valence-electron chi connectivity index (χ3n) is 2.08. The van der Waals surface area contributed by atoms with Crippen LogP contribution in [0, 0.1) is 0 Å². The van der Waals surface area contributed by atoms with Crippen molar-refractivity contribution in [3.8, 4) is 0 Å². The number of amides is 1. The van der Waals surface area contributed by atoms with Crippen molar-refractivity contribution >= 4 is 23.5 Å².